The lowest BCUT2D eigenvalue weighted by Crippen LogP contribution is -2.62. The number of allylic oxidation sites excluding steroid dienone is 1. The van der Waals surface area contributed by atoms with Crippen molar-refractivity contribution in [2.24, 2.45) is 27.6 Å². The van der Waals surface area contributed by atoms with Crippen molar-refractivity contribution in [1.82, 2.24) is 5.32 Å². The zero-order valence-electron chi connectivity index (χ0n) is 31.7. The zero-order valence-corrected chi connectivity index (χ0v) is 32.5. The molecule has 8 atom stereocenters. The molecule has 1 aromatic rings. The molecule has 1 aromatic carbocycles. The van der Waals surface area contributed by atoms with E-state index in [1.165, 1.54) is 45.2 Å². The summed E-state index contributed by atoms with van der Waals surface area (Å²) in [5.74, 6) is -0.628. The first-order chi connectivity index (χ1) is 23.2. The third-order valence-corrected chi connectivity index (χ3v) is 14.9. The van der Waals surface area contributed by atoms with Crippen LogP contribution in [0, 0.1) is 34.5 Å². The fourth-order valence-corrected chi connectivity index (χ4v) is 11.7. The Morgan fingerprint density at radius 2 is 1.54 bits per heavy atom. The second kappa shape index (κ2) is 13.1. The molecular weight excluding hydrogens is 655 g/mol. The molecule has 3 saturated carbocycles. The molecule has 9 nitrogen and oxygen atoms in total. The molecule has 4 aliphatic rings. The van der Waals surface area contributed by atoms with Crippen LogP contribution in [0.3, 0.4) is 0 Å². The molecule has 3 fully saturated rings. The van der Waals surface area contributed by atoms with Crippen molar-refractivity contribution in [1.29, 1.82) is 0 Å². The summed E-state index contributed by atoms with van der Waals surface area (Å²) in [5, 5.41) is 2.46. The van der Waals surface area contributed by atoms with Gasteiger partial charge in [0.05, 0.1) is 7.11 Å². The Bertz CT molecular complexity index is 1670. The van der Waals surface area contributed by atoms with Gasteiger partial charge >= 0.3 is 17.9 Å². The highest BCUT2D eigenvalue weighted by Gasteiger charge is 2.67. The van der Waals surface area contributed by atoms with Crippen LogP contribution in [0.1, 0.15) is 129 Å². The first kappa shape index (κ1) is 38.1. The number of ketones is 1. The molecule has 274 valence electrons. The maximum atomic E-state index is 13.1. The number of hydrogen-bond acceptors (Lipinski definition) is 9. The van der Waals surface area contributed by atoms with Gasteiger partial charge in [-0.3, -0.25) is 19.2 Å². The topological polar surface area (TPSA) is 125 Å². The molecule has 0 saturated heterocycles. The van der Waals surface area contributed by atoms with Crippen LogP contribution in [-0.4, -0.2) is 48.5 Å². The third kappa shape index (κ3) is 6.11. The quantitative estimate of drug-likeness (QED) is 0.166. The number of hydrogen-bond donors (Lipinski definition) is 1. The predicted octanol–water partition coefficient (Wildman–Crippen LogP) is 7.50. The van der Waals surface area contributed by atoms with Crippen LogP contribution in [0.5, 0.6) is 11.5 Å². The Morgan fingerprint density at radius 3 is 2.12 bits per heavy atom. The molecule has 0 heterocycles. The highest BCUT2D eigenvalue weighted by atomic mass is 32.2. The molecule has 0 aliphatic heterocycles. The number of thioether (sulfide) groups is 1. The number of ether oxygens (including phenoxy) is 3. The minimum atomic E-state index is -0.861. The summed E-state index contributed by atoms with van der Waals surface area (Å²) in [5.41, 5.74) is 3.04. The Kier molecular flexibility index (Phi) is 10.00. The van der Waals surface area contributed by atoms with Crippen molar-refractivity contribution in [3.05, 3.63) is 34.4 Å². The smallest absolute Gasteiger partial charge is 0.329 e. The van der Waals surface area contributed by atoms with Crippen molar-refractivity contribution in [2.45, 2.75) is 131 Å². The first-order valence-corrected chi connectivity index (χ1v) is 19.0. The monoisotopic (exact) mass is 709 g/mol. The SMILES string of the molecule is COC(=O)[C@H](CSC1C=C2[C@@](C)(CC[C@@]3(C)[C@@H]4C[C@](C)(C(C)=O)CC[C@]4(C)CC[C@]23C)c2cc(OC(C)=O)c(OC(C)=O)c(C)c21)NC(C)=O. The summed E-state index contributed by atoms with van der Waals surface area (Å²) in [6.45, 7) is 19.4. The Balaban J connectivity index is 1.71. The van der Waals surface area contributed by atoms with E-state index in [1.54, 1.807) is 6.92 Å². The van der Waals surface area contributed by atoms with Crippen LogP contribution < -0.4 is 14.8 Å². The standard InChI is InChI=1S/C40H55NO8S/c1-22-33-27(18-29(48-25(4)44)34(22)49-26(5)45)38(8)15-17-40(10)32-20-37(7,23(2)42)13-12-36(32,6)14-16-39(40,9)31(38)19-30(33)50-21-28(35(46)47-11)41-24(3)43/h18-19,28,30,32H,12-17,20-21H2,1-11H3,(H,41,43)/t28-,30?,32+,36+,37+,38-,39+,40-/m0/s1. The molecule has 0 radical (unpaired) electrons. The number of esters is 3. The molecule has 1 unspecified atom stereocenters. The van der Waals surface area contributed by atoms with Crippen molar-refractivity contribution in [3.8, 4) is 11.5 Å². The number of amides is 1. The second-order valence-electron chi connectivity index (χ2n) is 16.7. The summed E-state index contributed by atoms with van der Waals surface area (Å²) in [7, 11) is 1.31. The van der Waals surface area contributed by atoms with E-state index < -0.39 is 29.4 Å². The summed E-state index contributed by atoms with van der Waals surface area (Å²) in [6, 6.07) is 1.03. The molecule has 0 spiro atoms. The number of nitrogens with one attached hydrogen (secondary N) is 1. The van der Waals surface area contributed by atoms with E-state index in [1.807, 2.05) is 13.0 Å². The predicted molar refractivity (Wildman–Crippen MR) is 193 cm³/mol. The average molecular weight is 710 g/mol. The van der Waals surface area contributed by atoms with Gasteiger partial charge in [-0.05, 0) is 98.1 Å². The summed E-state index contributed by atoms with van der Waals surface area (Å²) >= 11 is 1.53. The van der Waals surface area contributed by atoms with E-state index in [4.69, 9.17) is 14.2 Å². The zero-order chi connectivity index (χ0) is 37.2. The maximum absolute atomic E-state index is 13.1. The Labute approximate surface area is 301 Å². The number of carbonyl (C=O) groups is 5. The lowest BCUT2D eigenvalue weighted by atomic mass is 9.34. The van der Waals surface area contributed by atoms with Crippen LogP contribution in [0.2, 0.25) is 0 Å². The number of Topliss-reactive ketones (excluding diaryl/α,β-unsaturated/α-hetero) is 1. The van der Waals surface area contributed by atoms with E-state index in [2.05, 4.69) is 46.0 Å². The molecule has 0 aromatic heterocycles. The number of fused-ring (bicyclic) bond motifs is 7. The number of rotatable bonds is 8. The van der Waals surface area contributed by atoms with Gasteiger partial charge in [0.25, 0.3) is 0 Å². The molecule has 0 bridgehead atoms. The van der Waals surface area contributed by atoms with Gasteiger partial charge < -0.3 is 19.5 Å². The Morgan fingerprint density at radius 1 is 0.900 bits per heavy atom. The van der Waals surface area contributed by atoms with E-state index in [0.717, 1.165) is 56.1 Å². The van der Waals surface area contributed by atoms with Gasteiger partial charge in [0.2, 0.25) is 5.91 Å². The van der Waals surface area contributed by atoms with Gasteiger partial charge in [-0.1, -0.05) is 46.3 Å². The van der Waals surface area contributed by atoms with E-state index >= 15 is 0 Å². The summed E-state index contributed by atoms with van der Waals surface area (Å²) in [6.07, 6.45) is 9.09. The first-order valence-electron chi connectivity index (χ1n) is 17.9. The van der Waals surface area contributed by atoms with Gasteiger partial charge in [0, 0.05) is 48.2 Å². The highest BCUT2D eigenvalue weighted by molar-refractivity contribution is 7.99. The molecular formula is C40H55NO8S. The summed E-state index contributed by atoms with van der Waals surface area (Å²) < 4.78 is 16.5. The van der Waals surface area contributed by atoms with Crippen LogP contribution in [0.15, 0.2) is 17.7 Å². The van der Waals surface area contributed by atoms with Crippen LogP contribution in [0.4, 0.5) is 0 Å². The van der Waals surface area contributed by atoms with Crippen molar-refractivity contribution < 1.29 is 38.2 Å². The van der Waals surface area contributed by atoms with Crippen molar-refractivity contribution in [3.63, 3.8) is 0 Å². The Hall–Kier alpha value is -3.14. The molecule has 1 amide bonds. The van der Waals surface area contributed by atoms with Crippen molar-refractivity contribution in [2.75, 3.05) is 12.9 Å². The molecule has 5 rings (SSSR count). The lowest BCUT2D eigenvalue weighted by Gasteiger charge is -2.70. The van der Waals surface area contributed by atoms with E-state index in [9.17, 15) is 24.0 Å². The van der Waals surface area contributed by atoms with Crippen LogP contribution in [-0.2, 0) is 34.1 Å². The minimum absolute atomic E-state index is 0.0919. The van der Waals surface area contributed by atoms with E-state index in [0.29, 0.717) is 11.5 Å². The largest absolute Gasteiger partial charge is 0.467 e. The molecule has 10 heteroatoms. The van der Waals surface area contributed by atoms with E-state index in [-0.39, 0.29) is 55.9 Å². The number of methoxy groups -OCH3 is 1. The summed E-state index contributed by atoms with van der Waals surface area (Å²) in [4.78, 5) is 62.7. The van der Waals surface area contributed by atoms with Crippen LogP contribution >= 0.6 is 11.8 Å². The maximum Gasteiger partial charge on any atom is 0.329 e. The number of carbonyl (C=O) groups excluding carboxylic acids is 5. The van der Waals surface area contributed by atoms with Crippen LogP contribution in [0.25, 0.3) is 0 Å². The minimum Gasteiger partial charge on any atom is -0.467 e. The third-order valence-electron chi connectivity index (χ3n) is 13.7. The van der Waals surface area contributed by atoms with Gasteiger partial charge in [0.1, 0.15) is 11.8 Å². The van der Waals surface area contributed by atoms with Gasteiger partial charge in [-0.25, -0.2) is 4.79 Å². The molecule has 1 N–H and O–H groups in total. The lowest BCUT2D eigenvalue weighted by molar-refractivity contribution is -0.165. The normalized spacial score (nSPS) is 34.7. The van der Waals surface area contributed by atoms with Gasteiger partial charge in [0.15, 0.2) is 11.5 Å². The molecule has 50 heavy (non-hydrogen) atoms. The van der Waals surface area contributed by atoms with Gasteiger partial charge in [-0.2, -0.15) is 0 Å². The highest BCUT2D eigenvalue weighted by Crippen LogP contribution is 2.75. The molecule has 4 aliphatic carbocycles. The fourth-order valence-electron chi connectivity index (χ4n) is 10.4. The average Bonchev–Trinajstić information content (AvgIpc) is 3.02. The number of benzene rings is 1. The second-order valence-corrected chi connectivity index (χ2v) is 17.9. The van der Waals surface area contributed by atoms with Crippen molar-refractivity contribution >= 4 is 41.4 Å². The fraction of sp³-hybridized carbons (Fsp3) is 0.675. The van der Waals surface area contributed by atoms with Gasteiger partial charge in [-0.15, -0.1) is 11.8 Å².